The summed E-state index contributed by atoms with van der Waals surface area (Å²) in [6, 6.07) is 14.5. The second-order valence-electron chi connectivity index (χ2n) is 5.11. The first-order chi connectivity index (χ1) is 10.1. The van der Waals surface area contributed by atoms with Crippen molar-refractivity contribution in [3.63, 3.8) is 0 Å². The monoisotopic (exact) mass is 281 g/mol. The highest BCUT2D eigenvalue weighted by Gasteiger charge is 2.37. The third-order valence-electron chi connectivity index (χ3n) is 3.57. The van der Waals surface area contributed by atoms with Crippen LogP contribution in [0.2, 0.25) is 0 Å². The molecule has 1 aliphatic rings. The minimum atomic E-state index is -0.408. The molecule has 3 rings (SSSR count). The molecule has 4 nitrogen and oxygen atoms in total. The van der Waals surface area contributed by atoms with Crippen LogP contribution in [0.5, 0.6) is 0 Å². The number of rotatable bonds is 3. The van der Waals surface area contributed by atoms with E-state index in [-0.39, 0.29) is 6.10 Å². The van der Waals surface area contributed by atoms with E-state index in [2.05, 4.69) is 0 Å². The van der Waals surface area contributed by atoms with Crippen molar-refractivity contribution in [2.75, 3.05) is 0 Å². The Bertz CT molecular complexity index is 671. The Hall–Kier alpha value is -2.46. The predicted molar refractivity (Wildman–Crippen MR) is 77.6 cm³/mol. The summed E-state index contributed by atoms with van der Waals surface area (Å²) in [5, 5.41) is 0.856. The summed E-state index contributed by atoms with van der Waals surface area (Å²) < 4.78 is 0. The minimum Gasteiger partial charge on any atom is -0.266 e. The highest BCUT2D eigenvalue weighted by molar-refractivity contribution is 6.20. The average Bonchev–Trinajstić information content (AvgIpc) is 2.73. The van der Waals surface area contributed by atoms with Crippen molar-refractivity contribution in [3.8, 4) is 0 Å². The summed E-state index contributed by atoms with van der Waals surface area (Å²) in [7, 11) is 0. The SMILES string of the molecule is Cc1ccc(C(C)ON2C(=O)c3ccccc3C2=O)cc1. The Morgan fingerprint density at radius 3 is 1.95 bits per heavy atom. The van der Waals surface area contributed by atoms with E-state index < -0.39 is 11.8 Å². The van der Waals surface area contributed by atoms with Crippen LogP contribution in [0.15, 0.2) is 48.5 Å². The molecule has 0 saturated heterocycles. The molecule has 0 fully saturated rings. The van der Waals surface area contributed by atoms with Gasteiger partial charge in [0.25, 0.3) is 11.8 Å². The highest BCUT2D eigenvalue weighted by atomic mass is 16.7. The summed E-state index contributed by atoms with van der Waals surface area (Å²) in [5.41, 5.74) is 2.83. The molecule has 1 unspecified atom stereocenters. The highest BCUT2D eigenvalue weighted by Crippen LogP contribution is 2.27. The zero-order valence-corrected chi connectivity index (χ0v) is 11.9. The van der Waals surface area contributed by atoms with Crippen LogP contribution >= 0.6 is 0 Å². The van der Waals surface area contributed by atoms with Gasteiger partial charge in [-0.15, -0.1) is 5.06 Å². The van der Waals surface area contributed by atoms with Gasteiger partial charge in [-0.05, 0) is 31.5 Å². The first kappa shape index (κ1) is 13.5. The topological polar surface area (TPSA) is 46.6 Å². The van der Waals surface area contributed by atoms with E-state index in [1.807, 2.05) is 38.1 Å². The van der Waals surface area contributed by atoms with Crippen LogP contribution in [0.25, 0.3) is 0 Å². The first-order valence-corrected chi connectivity index (χ1v) is 6.79. The van der Waals surface area contributed by atoms with Gasteiger partial charge in [0, 0.05) is 0 Å². The summed E-state index contributed by atoms with van der Waals surface area (Å²) >= 11 is 0. The number of amides is 2. The molecule has 0 bridgehead atoms. The summed E-state index contributed by atoms with van der Waals surface area (Å²) in [6.07, 6.45) is -0.382. The van der Waals surface area contributed by atoms with Gasteiger partial charge >= 0.3 is 0 Å². The quantitative estimate of drug-likeness (QED) is 0.811. The number of nitrogens with zero attached hydrogens (tertiary/aromatic N) is 1. The number of carbonyl (C=O) groups is 2. The Kier molecular flexibility index (Phi) is 3.31. The van der Waals surface area contributed by atoms with E-state index in [1.54, 1.807) is 24.3 Å². The molecule has 1 aliphatic heterocycles. The molecule has 2 aromatic rings. The summed E-state index contributed by atoms with van der Waals surface area (Å²) in [5.74, 6) is -0.816. The molecular formula is C17H15NO3. The molecule has 4 heteroatoms. The normalized spacial score (nSPS) is 15.2. The molecule has 0 spiro atoms. The Balaban J connectivity index is 1.82. The smallest absolute Gasteiger partial charge is 0.266 e. The van der Waals surface area contributed by atoms with E-state index >= 15 is 0 Å². The van der Waals surface area contributed by atoms with Crippen LogP contribution in [-0.2, 0) is 4.84 Å². The fourth-order valence-corrected chi connectivity index (χ4v) is 2.32. The lowest BCUT2D eigenvalue weighted by molar-refractivity contribution is -0.128. The zero-order chi connectivity index (χ0) is 15.0. The number of carbonyl (C=O) groups excluding carboxylic acids is 2. The van der Waals surface area contributed by atoms with E-state index in [0.717, 1.165) is 16.2 Å². The largest absolute Gasteiger partial charge is 0.285 e. The lowest BCUT2D eigenvalue weighted by Crippen LogP contribution is -2.31. The number of aryl methyl sites for hydroxylation is 1. The van der Waals surface area contributed by atoms with Gasteiger partial charge < -0.3 is 0 Å². The Morgan fingerprint density at radius 2 is 1.43 bits per heavy atom. The average molecular weight is 281 g/mol. The third kappa shape index (κ3) is 2.34. The molecule has 0 aliphatic carbocycles. The van der Waals surface area contributed by atoms with E-state index in [9.17, 15) is 9.59 Å². The molecule has 21 heavy (non-hydrogen) atoms. The van der Waals surface area contributed by atoms with Gasteiger partial charge in [-0.3, -0.25) is 14.4 Å². The lowest BCUT2D eigenvalue weighted by Gasteiger charge is -2.19. The third-order valence-corrected chi connectivity index (χ3v) is 3.57. The van der Waals surface area contributed by atoms with Crippen LogP contribution in [0, 0.1) is 6.92 Å². The second kappa shape index (κ2) is 5.14. The molecule has 0 aromatic heterocycles. The number of imide groups is 1. The molecule has 2 aromatic carbocycles. The maximum Gasteiger partial charge on any atom is 0.285 e. The van der Waals surface area contributed by atoms with Crippen LogP contribution < -0.4 is 0 Å². The Morgan fingerprint density at radius 1 is 0.905 bits per heavy atom. The van der Waals surface area contributed by atoms with Crippen molar-refractivity contribution in [1.82, 2.24) is 5.06 Å². The fraction of sp³-hybridized carbons (Fsp3) is 0.176. The number of benzene rings is 2. The molecule has 1 heterocycles. The molecule has 0 radical (unpaired) electrons. The van der Waals surface area contributed by atoms with Crippen molar-refractivity contribution in [2.45, 2.75) is 20.0 Å². The van der Waals surface area contributed by atoms with Crippen LogP contribution in [0.4, 0.5) is 0 Å². The Labute approximate surface area is 122 Å². The molecule has 1 atom stereocenters. The van der Waals surface area contributed by atoms with Gasteiger partial charge in [-0.1, -0.05) is 42.0 Å². The zero-order valence-electron chi connectivity index (χ0n) is 11.9. The fourth-order valence-electron chi connectivity index (χ4n) is 2.32. The number of fused-ring (bicyclic) bond motifs is 1. The van der Waals surface area contributed by atoms with Crippen LogP contribution in [0.3, 0.4) is 0 Å². The van der Waals surface area contributed by atoms with Crippen molar-refractivity contribution < 1.29 is 14.4 Å². The van der Waals surface area contributed by atoms with Gasteiger partial charge in [0.05, 0.1) is 11.1 Å². The predicted octanol–water partition coefficient (Wildman–Crippen LogP) is 3.28. The van der Waals surface area contributed by atoms with Crippen LogP contribution in [0.1, 0.15) is 44.9 Å². The number of hydroxylamine groups is 2. The molecule has 0 saturated carbocycles. The standard InChI is InChI=1S/C17H15NO3/c1-11-7-9-13(10-8-11)12(2)21-18-16(19)14-5-3-4-6-15(14)17(18)20/h3-10,12H,1-2H3. The maximum absolute atomic E-state index is 12.2. The van der Waals surface area contributed by atoms with Gasteiger partial charge in [-0.2, -0.15) is 0 Å². The molecular weight excluding hydrogens is 266 g/mol. The van der Waals surface area contributed by atoms with Gasteiger partial charge in [-0.25, -0.2) is 0 Å². The minimum absolute atomic E-state index is 0.382. The molecule has 106 valence electrons. The second-order valence-corrected chi connectivity index (χ2v) is 5.11. The molecule has 2 amide bonds. The van der Waals surface area contributed by atoms with Gasteiger partial charge in [0.1, 0.15) is 6.10 Å². The summed E-state index contributed by atoms with van der Waals surface area (Å²) in [6.45, 7) is 3.81. The van der Waals surface area contributed by atoms with Crippen molar-refractivity contribution in [2.24, 2.45) is 0 Å². The van der Waals surface area contributed by atoms with E-state index in [1.165, 1.54) is 0 Å². The number of hydrogen-bond donors (Lipinski definition) is 0. The molecule has 0 N–H and O–H groups in total. The lowest BCUT2D eigenvalue weighted by atomic mass is 10.1. The summed E-state index contributed by atoms with van der Waals surface area (Å²) in [4.78, 5) is 30.0. The van der Waals surface area contributed by atoms with Crippen LogP contribution in [-0.4, -0.2) is 16.9 Å². The van der Waals surface area contributed by atoms with Gasteiger partial charge in [0.15, 0.2) is 0 Å². The van der Waals surface area contributed by atoms with Crippen molar-refractivity contribution in [1.29, 1.82) is 0 Å². The van der Waals surface area contributed by atoms with E-state index in [0.29, 0.717) is 11.1 Å². The first-order valence-electron chi connectivity index (χ1n) is 6.79. The maximum atomic E-state index is 12.2. The van der Waals surface area contributed by atoms with E-state index in [4.69, 9.17) is 4.84 Å². The number of hydrogen-bond acceptors (Lipinski definition) is 3. The van der Waals surface area contributed by atoms with Gasteiger partial charge in [0.2, 0.25) is 0 Å². The van der Waals surface area contributed by atoms with Crippen molar-refractivity contribution in [3.05, 3.63) is 70.8 Å². The van der Waals surface area contributed by atoms with Crippen molar-refractivity contribution >= 4 is 11.8 Å².